The Balaban J connectivity index is 1.58. The number of amides is 3. The molecular formula is C23H20Cl2FN3O2. The number of benzene rings is 3. The molecule has 0 aromatic heterocycles. The largest absolute Gasteiger partial charge is 0.338 e. The van der Waals surface area contributed by atoms with E-state index in [2.05, 4.69) is 10.6 Å². The van der Waals surface area contributed by atoms with Crippen molar-refractivity contribution in [3.8, 4) is 0 Å². The van der Waals surface area contributed by atoms with E-state index in [-0.39, 0.29) is 11.7 Å². The van der Waals surface area contributed by atoms with Gasteiger partial charge in [0.15, 0.2) is 0 Å². The fourth-order valence-corrected chi connectivity index (χ4v) is 3.19. The summed E-state index contributed by atoms with van der Waals surface area (Å²) < 4.78 is 13.3. The molecule has 0 bridgehead atoms. The van der Waals surface area contributed by atoms with Gasteiger partial charge in [-0.05, 0) is 61.0 Å². The monoisotopic (exact) mass is 459 g/mol. The third-order valence-corrected chi connectivity index (χ3v) is 5.16. The molecule has 0 atom stereocenters. The van der Waals surface area contributed by atoms with Gasteiger partial charge < -0.3 is 15.5 Å². The number of carbonyl (C=O) groups excluding carboxylic acids is 2. The molecule has 2 N–H and O–H groups in total. The standard InChI is InChI=1S/C23H20Cl2FN3O2/c24-20-12-9-18(15-21(20)25)28-23(31)27-13-4-14-29(19-10-7-17(26)8-11-19)22(30)16-5-2-1-3-6-16/h1-3,5-12,15H,4,13-14H2,(H2,27,28,31). The molecule has 0 saturated carbocycles. The first-order valence-electron chi connectivity index (χ1n) is 9.56. The number of rotatable bonds is 7. The normalized spacial score (nSPS) is 10.4. The minimum absolute atomic E-state index is 0.201. The molecule has 0 radical (unpaired) electrons. The zero-order valence-electron chi connectivity index (χ0n) is 16.4. The van der Waals surface area contributed by atoms with E-state index in [1.165, 1.54) is 12.1 Å². The summed E-state index contributed by atoms with van der Waals surface area (Å²) in [5.41, 5.74) is 1.62. The van der Waals surface area contributed by atoms with Crippen LogP contribution in [0, 0.1) is 5.82 Å². The molecule has 0 saturated heterocycles. The molecule has 3 amide bonds. The second-order valence-corrected chi connectivity index (χ2v) is 7.48. The SMILES string of the molecule is O=C(NCCCN(C(=O)c1ccccc1)c1ccc(F)cc1)Nc1ccc(Cl)c(Cl)c1. The van der Waals surface area contributed by atoms with E-state index in [0.717, 1.165) is 0 Å². The van der Waals surface area contributed by atoms with Crippen molar-refractivity contribution in [1.82, 2.24) is 5.32 Å². The molecule has 5 nitrogen and oxygen atoms in total. The Morgan fingerprint density at radius 2 is 1.61 bits per heavy atom. The maximum absolute atomic E-state index is 13.3. The Hall–Kier alpha value is -3.09. The van der Waals surface area contributed by atoms with Gasteiger partial charge >= 0.3 is 6.03 Å². The van der Waals surface area contributed by atoms with Gasteiger partial charge in [-0.2, -0.15) is 0 Å². The fourth-order valence-electron chi connectivity index (χ4n) is 2.89. The van der Waals surface area contributed by atoms with E-state index >= 15 is 0 Å². The minimum Gasteiger partial charge on any atom is -0.338 e. The predicted molar refractivity (Wildman–Crippen MR) is 123 cm³/mol. The molecule has 3 aromatic rings. The van der Waals surface area contributed by atoms with E-state index in [1.807, 2.05) is 6.07 Å². The van der Waals surface area contributed by atoms with E-state index in [1.54, 1.807) is 59.5 Å². The van der Waals surface area contributed by atoms with Gasteiger partial charge in [0.2, 0.25) is 0 Å². The van der Waals surface area contributed by atoms with Crippen LogP contribution in [0.2, 0.25) is 10.0 Å². The average molecular weight is 460 g/mol. The van der Waals surface area contributed by atoms with Gasteiger partial charge in [-0.25, -0.2) is 9.18 Å². The van der Waals surface area contributed by atoms with Gasteiger partial charge in [0, 0.05) is 30.0 Å². The summed E-state index contributed by atoms with van der Waals surface area (Å²) in [6, 6.07) is 19.0. The number of anilines is 2. The van der Waals surface area contributed by atoms with E-state index in [0.29, 0.717) is 46.5 Å². The second kappa shape index (κ2) is 10.8. The predicted octanol–water partition coefficient (Wildman–Crippen LogP) is 5.99. The first-order valence-corrected chi connectivity index (χ1v) is 10.3. The van der Waals surface area contributed by atoms with Crippen LogP contribution in [0.3, 0.4) is 0 Å². The van der Waals surface area contributed by atoms with Crippen LogP contribution in [0.4, 0.5) is 20.6 Å². The second-order valence-electron chi connectivity index (χ2n) is 6.66. The van der Waals surface area contributed by atoms with Gasteiger partial charge in [0.05, 0.1) is 10.0 Å². The Labute approximate surface area is 189 Å². The van der Waals surface area contributed by atoms with Crippen LogP contribution in [-0.4, -0.2) is 25.0 Å². The molecule has 160 valence electrons. The minimum atomic E-state index is -0.402. The molecule has 31 heavy (non-hydrogen) atoms. The number of nitrogens with zero attached hydrogens (tertiary/aromatic N) is 1. The van der Waals surface area contributed by atoms with Crippen LogP contribution >= 0.6 is 23.2 Å². The van der Waals surface area contributed by atoms with Crippen molar-refractivity contribution in [2.45, 2.75) is 6.42 Å². The summed E-state index contributed by atoms with van der Waals surface area (Å²) in [7, 11) is 0. The van der Waals surface area contributed by atoms with Gasteiger partial charge in [-0.1, -0.05) is 41.4 Å². The van der Waals surface area contributed by atoms with Crippen molar-refractivity contribution in [2.75, 3.05) is 23.3 Å². The highest BCUT2D eigenvalue weighted by Crippen LogP contribution is 2.25. The summed E-state index contributed by atoms with van der Waals surface area (Å²) in [6.07, 6.45) is 0.491. The van der Waals surface area contributed by atoms with Crippen molar-refractivity contribution >= 4 is 46.5 Å². The van der Waals surface area contributed by atoms with E-state index < -0.39 is 6.03 Å². The van der Waals surface area contributed by atoms with Crippen LogP contribution in [0.25, 0.3) is 0 Å². The van der Waals surface area contributed by atoms with Crippen molar-refractivity contribution in [3.63, 3.8) is 0 Å². The van der Waals surface area contributed by atoms with E-state index in [4.69, 9.17) is 23.2 Å². The van der Waals surface area contributed by atoms with E-state index in [9.17, 15) is 14.0 Å². The first-order chi connectivity index (χ1) is 14.9. The van der Waals surface area contributed by atoms with Crippen molar-refractivity contribution in [3.05, 3.63) is 94.2 Å². The first kappa shape index (κ1) is 22.6. The summed E-state index contributed by atoms with van der Waals surface area (Å²) >= 11 is 11.8. The molecule has 0 aliphatic carbocycles. The third kappa shape index (κ3) is 6.44. The molecule has 0 aliphatic rings. The lowest BCUT2D eigenvalue weighted by Crippen LogP contribution is -2.35. The van der Waals surface area contributed by atoms with Gasteiger partial charge in [-0.3, -0.25) is 4.79 Å². The maximum atomic E-state index is 13.3. The highest BCUT2D eigenvalue weighted by atomic mass is 35.5. The zero-order chi connectivity index (χ0) is 22.2. The highest BCUT2D eigenvalue weighted by molar-refractivity contribution is 6.42. The molecule has 0 spiro atoms. The number of carbonyl (C=O) groups is 2. The Bertz CT molecular complexity index is 1050. The number of hydrogen-bond acceptors (Lipinski definition) is 2. The zero-order valence-corrected chi connectivity index (χ0v) is 18.0. The molecule has 8 heteroatoms. The molecular weight excluding hydrogens is 440 g/mol. The van der Waals surface area contributed by atoms with Crippen molar-refractivity contribution in [2.24, 2.45) is 0 Å². The number of urea groups is 1. The van der Waals surface area contributed by atoms with Crippen LogP contribution in [0.1, 0.15) is 16.8 Å². The lowest BCUT2D eigenvalue weighted by atomic mass is 10.1. The summed E-state index contributed by atoms with van der Waals surface area (Å²) in [5, 5.41) is 6.15. The maximum Gasteiger partial charge on any atom is 0.319 e. The van der Waals surface area contributed by atoms with Gasteiger partial charge in [0.1, 0.15) is 5.82 Å². The molecule has 0 fully saturated rings. The molecule has 3 aromatic carbocycles. The van der Waals surface area contributed by atoms with Gasteiger partial charge in [0.25, 0.3) is 5.91 Å². The van der Waals surface area contributed by atoms with Crippen LogP contribution in [-0.2, 0) is 0 Å². The number of nitrogens with one attached hydrogen (secondary N) is 2. The lowest BCUT2D eigenvalue weighted by molar-refractivity contribution is 0.0986. The van der Waals surface area contributed by atoms with Gasteiger partial charge in [-0.15, -0.1) is 0 Å². The Morgan fingerprint density at radius 1 is 0.903 bits per heavy atom. The molecule has 0 heterocycles. The van der Waals surface area contributed by atoms with Crippen molar-refractivity contribution < 1.29 is 14.0 Å². The smallest absolute Gasteiger partial charge is 0.319 e. The number of halogens is 3. The highest BCUT2D eigenvalue weighted by Gasteiger charge is 2.17. The molecule has 3 rings (SSSR count). The Kier molecular flexibility index (Phi) is 7.87. The lowest BCUT2D eigenvalue weighted by Gasteiger charge is -2.23. The van der Waals surface area contributed by atoms with Crippen LogP contribution in [0.15, 0.2) is 72.8 Å². The quantitative estimate of drug-likeness (QED) is 0.426. The van der Waals surface area contributed by atoms with Crippen LogP contribution < -0.4 is 15.5 Å². The molecule has 0 aliphatic heterocycles. The average Bonchev–Trinajstić information content (AvgIpc) is 2.77. The fraction of sp³-hybridized carbons (Fsp3) is 0.130. The topological polar surface area (TPSA) is 61.4 Å². The van der Waals surface area contributed by atoms with Crippen LogP contribution in [0.5, 0.6) is 0 Å². The third-order valence-electron chi connectivity index (χ3n) is 4.43. The summed E-state index contributed by atoms with van der Waals surface area (Å²) in [6.45, 7) is 0.666. The Morgan fingerprint density at radius 3 is 2.29 bits per heavy atom. The van der Waals surface area contributed by atoms with Crippen molar-refractivity contribution in [1.29, 1.82) is 0 Å². The number of hydrogen-bond donors (Lipinski definition) is 2. The summed E-state index contributed by atoms with van der Waals surface area (Å²) in [4.78, 5) is 26.6. The molecule has 0 unspecified atom stereocenters. The summed E-state index contributed by atoms with van der Waals surface area (Å²) in [5.74, 6) is -0.580.